The van der Waals surface area contributed by atoms with Crippen molar-refractivity contribution in [1.82, 2.24) is 4.98 Å². The van der Waals surface area contributed by atoms with Crippen LogP contribution in [0.5, 0.6) is 5.75 Å². The number of nitrogens with zero attached hydrogens (tertiary/aromatic N) is 2. The van der Waals surface area contributed by atoms with Gasteiger partial charge in [0.25, 0.3) is 5.91 Å². The van der Waals surface area contributed by atoms with E-state index in [4.69, 9.17) is 14.5 Å². The van der Waals surface area contributed by atoms with Crippen molar-refractivity contribution in [2.45, 2.75) is 30.8 Å². The molecule has 1 aliphatic heterocycles. The average molecular weight is 429 g/mol. The Balaban J connectivity index is 1.67. The van der Waals surface area contributed by atoms with Crippen LogP contribution >= 0.6 is 23.1 Å². The maximum Gasteiger partial charge on any atom is 0.260 e. The maximum atomic E-state index is 13.4. The lowest BCUT2D eigenvalue weighted by Crippen LogP contribution is -2.37. The molecule has 29 heavy (non-hydrogen) atoms. The summed E-state index contributed by atoms with van der Waals surface area (Å²) in [6.45, 7) is 3.85. The second-order valence-electron chi connectivity index (χ2n) is 6.84. The normalized spacial score (nSPS) is 16.3. The van der Waals surface area contributed by atoms with E-state index in [1.807, 2.05) is 55.6 Å². The van der Waals surface area contributed by atoms with Gasteiger partial charge in [0.15, 0.2) is 5.13 Å². The molecule has 0 bridgehead atoms. The average Bonchev–Trinajstić information content (AvgIpc) is 3.41. The van der Waals surface area contributed by atoms with Crippen LogP contribution in [0.4, 0.5) is 5.13 Å². The number of thiazole rings is 1. The topological polar surface area (TPSA) is 51.7 Å². The largest absolute Gasteiger partial charge is 0.494 e. The molecule has 7 heteroatoms. The Morgan fingerprint density at radius 2 is 2.14 bits per heavy atom. The van der Waals surface area contributed by atoms with Crippen molar-refractivity contribution in [2.24, 2.45) is 0 Å². The van der Waals surface area contributed by atoms with Crippen LogP contribution in [0.3, 0.4) is 0 Å². The third kappa shape index (κ3) is 4.57. The van der Waals surface area contributed by atoms with Gasteiger partial charge in [-0.25, -0.2) is 4.98 Å². The molecule has 1 saturated heterocycles. The number of benzene rings is 2. The molecule has 152 valence electrons. The molecule has 3 aromatic rings. The number of carbonyl (C=O) groups is 1. The first kappa shape index (κ1) is 20.2. The highest BCUT2D eigenvalue weighted by Crippen LogP contribution is 2.33. The maximum absolute atomic E-state index is 13.4. The number of hydrogen-bond acceptors (Lipinski definition) is 6. The lowest BCUT2D eigenvalue weighted by atomic mass is 10.2. The highest BCUT2D eigenvalue weighted by molar-refractivity contribution is 7.98. The highest BCUT2D eigenvalue weighted by atomic mass is 32.2. The predicted octanol–water partition coefficient (Wildman–Crippen LogP) is 5.24. The van der Waals surface area contributed by atoms with E-state index in [-0.39, 0.29) is 12.0 Å². The quantitative estimate of drug-likeness (QED) is 0.482. The zero-order valence-electron chi connectivity index (χ0n) is 16.6. The Morgan fingerprint density at radius 1 is 1.31 bits per heavy atom. The van der Waals surface area contributed by atoms with Crippen molar-refractivity contribution >= 4 is 44.4 Å². The van der Waals surface area contributed by atoms with Crippen LogP contribution in [0.15, 0.2) is 47.4 Å². The summed E-state index contributed by atoms with van der Waals surface area (Å²) < 4.78 is 12.4. The fourth-order valence-corrected chi connectivity index (χ4v) is 4.80. The number of thioether (sulfide) groups is 1. The number of carbonyl (C=O) groups excluding carboxylic acids is 1. The smallest absolute Gasteiger partial charge is 0.260 e. The molecule has 5 nitrogen and oxygen atoms in total. The van der Waals surface area contributed by atoms with Crippen molar-refractivity contribution in [3.8, 4) is 5.75 Å². The second kappa shape index (κ2) is 9.15. The number of rotatable bonds is 7. The van der Waals surface area contributed by atoms with Gasteiger partial charge in [0.2, 0.25) is 0 Å². The third-order valence-corrected chi connectivity index (χ3v) is 6.67. The Labute approximate surface area is 179 Å². The van der Waals surface area contributed by atoms with Crippen molar-refractivity contribution in [1.29, 1.82) is 0 Å². The second-order valence-corrected chi connectivity index (χ2v) is 8.73. The molecule has 0 N–H and O–H groups in total. The number of fused-ring (bicyclic) bond motifs is 1. The van der Waals surface area contributed by atoms with Gasteiger partial charge in [-0.15, -0.1) is 11.8 Å². The van der Waals surface area contributed by atoms with Crippen LogP contribution in [0, 0.1) is 0 Å². The Morgan fingerprint density at radius 3 is 2.83 bits per heavy atom. The van der Waals surface area contributed by atoms with E-state index in [0.717, 1.165) is 40.3 Å². The lowest BCUT2D eigenvalue weighted by Gasteiger charge is -2.23. The van der Waals surface area contributed by atoms with Gasteiger partial charge in [-0.2, -0.15) is 0 Å². The van der Waals surface area contributed by atoms with E-state index in [2.05, 4.69) is 0 Å². The first-order chi connectivity index (χ1) is 14.2. The van der Waals surface area contributed by atoms with E-state index in [1.54, 1.807) is 16.7 Å². The fraction of sp³-hybridized carbons (Fsp3) is 0.364. The summed E-state index contributed by atoms with van der Waals surface area (Å²) >= 11 is 3.18. The molecule has 1 aliphatic rings. The van der Waals surface area contributed by atoms with Gasteiger partial charge in [-0.1, -0.05) is 11.3 Å². The molecule has 0 spiro atoms. The first-order valence-corrected chi connectivity index (χ1v) is 11.8. The summed E-state index contributed by atoms with van der Waals surface area (Å²) in [5.74, 6) is 0.775. The molecule has 1 fully saturated rings. The molecule has 2 aromatic carbocycles. The summed E-state index contributed by atoms with van der Waals surface area (Å²) in [6.07, 6.45) is 4.08. The van der Waals surface area contributed by atoms with Crippen LogP contribution in [0.1, 0.15) is 30.1 Å². The van der Waals surface area contributed by atoms with Gasteiger partial charge >= 0.3 is 0 Å². The molecule has 2 heterocycles. The van der Waals surface area contributed by atoms with Crippen LogP contribution in [0.25, 0.3) is 10.2 Å². The standard InChI is InChI=1S/C22H24N2O3S2/c1-3-26-16-8-11-19-20(13-16)29-22(23-19)24(14-17-5-4-12-27-17)21(25)15-6-9-18(28-2)10-7-15/h6-11,13,17H,3-5,12,14H2,1-2H3. The van der Waals surface area contributed by atoms with E-state index in [9.17, 15) is 4.79 Å². The fourth-order valence-electron chi connectivity index (χ4n) is 3.39. The lowest BCUT2D eigenvalue weighted by molar-refractivity contribution is 0.0917. The van der Waals surface area contributed by atoms with E-state index in [1.165, 1.54) is 11.3 Å². The van der Waals surface area contributed by atoms with Crippen molar-refractivity contribution in [3.05, 3.63) is 48.0 Å². The molecule has 0 saturated carbocycles. The van der Waals surface area contributed by atoms with Crippen LogP contribution in [-0.2, 0) is 4.74 Å². The third-order valence-electron chi connectivity index (χ3n) is 4.88. The minimum atomic E-state index is -0.0442. The number of amides is 1. The number of hydrogen-bond donors (Lipinski definition) is 0. The summed E-state index contributed by atoms with van der Waals surface area (Å²) in [5, 5.41) is 0.697. The monoisotopic (exact) mass is 428 g/mol. The Hall–Kier alpha value is -2.09. The Kier molecular flexibility index (Phi) is 6.37. The zero-order valence-corrected chi connectivity index (χ0v) is 18.2. The van der Waals surface area contributed by atoms with Gasteiger partial charge in [-0.05, 0) is 68.5 Å². The molecule has 1 unspecified atom stereocenters. The minimum absolute atomic E-state index is 0.0442. The highest BCUT2D eigenvalue weighted by Gasteiger charge is 2.27. The van der Waals surface area contributed by atoms with Crippen molar-refractivity contribution in [2.75, 3.05) is 30.9 Å². The molecule has 0 aliphatic carbocycles. The van der Waals surface area contributed by atoms with Crippen molar-refractivity contribution < 1.29 is 14.3 Å². The van der Waals surface area contributed by atoms with Crippen molar-refractivity contribution in [3.63, 3.8) is 0 Å². The predicted molar refractivity (Wildman–Crippen MR) is 120 cm³/mol. The van der Waals surface area contributed by atoms with Crippen LogP contribution < -0.4 is 9.64 Å². The summed E-state index contributed by atoms with van der Waals surface area (Å²) in [6, 6.07) is 13.6. The van der Waals surface area contributed by atoms with Gasteiger partial charge in [0, 0.05) is 17.1 Å². The number of anilines is 1. The van der Waals surface area contributed by atoms with E-state index in [0.29, 0.717) is 23.8 Å². The molecular formula is C22H24N2O3S2. The van der Waals surface area contributed by atoms with E-state index < -0.39 is 0 Å². The molecule has 1 atom stereocenters. The number of aromatic nitrogens is 1. The summed E-state index contributed by atoms with van der Waals surface area (Å²) in [7, 11) is 0. The van der Waals surface area contributed by atoms with Gasteiger partial charge in [-0.3, -0.25) is 9.69 Å². The van der Waals surface area contributed by atoms with Gasteiger partial charge < -0.3 is 9.47 Å². The van der Waals surface area contributed by atoms with E-state index >= 15 is 0 Å². The SMILES string of the molecule is CCOc1ccc2nc(N(CC3CCCO3)C(=O)c3ccc(SC)cc3)sc2c1. The van der Waals surface area contributed by atoms with Gasteiger partial charge in [0.1, 0.15) is 5.75 Å². The molecule has 4 rings (SSSR count). The number of ether oxygens (including phenoxy) is 2. The first-order valence-electron chi connectivity index (χ1n) is 9.79. The molecule has 1 aromatic heterocycles. The minimum Gasteiger partial charge on any atom is -0.494 e. The van der Waals surface area contributed by atoms with Crippen LogP contribution in [0.2, 0.25) is 0 Å². The summed E-state index contributed by atoms with van der Waals surface area (Å²) in [5.41, 5.74) is 1.53. The van der Waals surface area contributed by atoms with Gasteiger partial charge in [0.05, 0.1) is 29.5 Å². The van der Waals surface area contributed by atoms with Crippen LogP contribution in [-0.4, -0.2) is 43.0 Å². The molecule has 0 radical (unpaired) electrons. The molecular weight excluding hydrogens is 404 g/mol. The summed E-state index contributed by atoms with van der Waals surface area (Å²) in [4.78, 5) is 21.0. The zero-order chi connectivity index (χ0) is 20.2. The Bertz CT molecular complexity index is 981. The molecule has 1 amide bonds.